The lowest BCUT2D eigenvalue weighted by Gasteiger charge is -2.11. The van der Waals surface area contributed by atoms with Crippen LogP contribution in [0, 0.1) is 13.8 Å². The zero-order chi connectivity index (χ0) is 13.3. The second kappa shape index (κ2) is 5.35. The molecule has 1 atom stereocenters. The van der Waals surface area contributed by atoms with E-state index >= 15 is 0 Å². The average Bonchev–Trinajstić information content (AvgIpc) is 2.64. The van der Waals surface area contributed by atoms with Crippen LogP contribution < -0.4 is 0 Å². The van der Waals surface area contributed by atoms with Crippen LogP contribution >= 0.6 is 23.2 Å². The zero-order valence-corrected chi connectivity index (χ0v) is 11.7. The maximum atomic E-state index is 10.2. The van der Waals surface area contributed by atoms with Gasteiger partial charge in [-0.3, -0.25) is 0 Å². The first-order valence-electron chi connectivity index (χ1n) is 5.67. The largest absolute Gasteiger partial charge is 0.466 e. The van der Waals surface area contributed by atoms with Gasteiger partial charge < -0.3 is 9.52 Å². The summed E-state index contributed by atoms with van der Waals surface area (Å²) in [7, 11) is 0. The molecule has 0 saturated heterocycles. The Bertz CT molecular complexity index is 561. The molecule has 2 nitrogen and oxygen atoms in total. The Morgan fingerprint density at radius 3 is 2.61 bits per heavy atom. The molecule has 1 N–H and O–H groups in total. The first-order valence-corrected chi connectivity index (χ1v) is 6.42. The molecular weight excluding hydrogens is 271 g/mol. The minimum atomic E-state index is -0.640. The average molecular weight is 285 g/mol. The summed E-state index contributed by atoms with van der Waals surface area (Å²) in [6, 6.07) is 7.26. The third-order valence-electron chi connectivity index (χ3n) is 2.88. The van der Waals surface area contributed by atoms with Gasteiger partial charge in [0.2, 0.25) is 0 Å². The van der Waals surface area contributed by atoms with Gasteiger partial charge >= 0.3 is 0 Å². The molecule has 4 heteroatoms. The Morgan fingerprint density at radius 1 is 1.28 bits per heavy atom. The van der Waals surface area contributed by atoms with E-state index in [1.54, 1.807) is 6.07 Å². The molecule has 1 aromatic carbocycles. The van der Waals surface area contributed by atoms with Gasteiger partial charge in [-0.2, -0.15) is 0 Å². The fraction of sp³-hybridized carbons (Fsp3) is 0.286. The molecule has 1 unspecified atom stereocenters. The lowest BCUT2D eigenvalue weighted by molar-refractivity contribution is 0.176. The topological polar surface area (TPSA) is 33.4 Å². The van der Waals surface area contributed by atoms with Crippen molar-refractivity contribution in [1.29, 1.82) is 0 Å². The van der Waals surface area contributed by atoms with Gasteiger partial charge in [-0.15, -0.1) is 0 Å². The van der Waals surface area contributed by atoms with E-state index in [2.05, 4.69) is 0 Å². The lowest BCUT2D eigenvalue weighted by atomic mass is 10.0. The number of aliphatic hydroxyl groups is 1. The van der Waals surface area contributed by atoms with E-state index < -0.39 is 6.10 Å². The van der Waals surface area contributed by atoms with Crippen molar-refractivity contribution in [2.45, 2.75) is 26.4 Å². The van der Waals surface area contributed by atoms with Crippen LogP contribution in [0.3, 0.4) is 0 Å². The van der Waals surface area contributed by atoms with Crippen LogP contribution in [-0.2, 0) is 6.42 Å². The van der Waals surface area contributed by atoms with Crippen molar-refractivity contribution in [3.63, 3.8) is 0 Å². The predicted octanol–water partition coefficient (Wildman–Crippen LogP) is 4.48. The Kier molecular flexibility index (Phi) is 4.00. The van der Waals surface area contributed by atoms with Gasteiger partial charge in [0.1, 0.15) is 11.5 Å². The highest BCUT2D eigenvalue weighted by molar-refractivity contribution is 6.42. The van der Waals surface area contributed by atoms with Crippen molar-refractivity contribution in [3.05, 3.63) is 57.0 Å². The molecule has 0 aliphatic carbocycles. The molecule has 0 radical (unpaired) electrons. The van der Waals surface area contributed by atoms with Gasteiger partial charge in [0.25, 0.3) is 0 Å². The minimum absolute atomic E-state index is 0.416. The second-order valence-corrected chi connectivity index (χ2v) is 5.09. The summed E-state index contributed by atoms with van der Waals surface area (Å²) in [6.45, 7) is 3.70. The minimum Gasteiger partial charge on any atom is -0.466 e. The molecule has 18 heavy (non-hydrogen) atoms. The molecule has 0 spiro atoms. The molecule has 2 aromatic rings. The Labute approximate surface area is 116 Å². The van der Waals surface area contributed by atoms with Crippen molar-refractivity contribution < 1.29 is 9.52 Å². The van der Waals surface area contributed by atoms with Crippen LogP contribution in [0.2, 0.25) is 10.0 Å². The molecule has 0 fully saturated rings. The standard InChI is InChI=1S/C14H14Cl2O2/c1-8-6-11(9(2)18-8)13(17)7-10-4-3-5-12(15)14(10)16/h3-6,13,17H,7H2,1-2H3. The molecule has 1 heterocycles. The number of benzene rings is 1. The first-order chi connectivity index (χ1) is 8.49. The number of aliphatic hydroxyl groups excluding tert-OH is 1. The molecule has 96 valence electrons. The van der Waals surface area contributed by atoms with Crippen LogP contribution in [-0.4, -0.2) is 5.11 Å². The summed E-state index contributed by atoms with van der Waals surface area (Å²) in [6.07, 6.45) is -0.224. The van der Waals surface area contributed by atoms with Gasteiger partial charge in [0.05, 0.1) is 16.1 Å². The predicted molar refractivity (Wildman–Crippen MR) is 73.3 cm³/mol. The third kappa shape index (κ3) is 2.72. The van der Waals surface area contributed by atoms with Crippen LogP contribution in [0.15, 0.2) is 28.7 Å². The summed E-state index contributed by atoms with van der Waals surface area (Å²) in [5.41, 5.74) is 1.62. The van der Waals surface area contributed by atoms with Gasteiger partial charge in [-0.05, 0) is 31.5 Å². The Morgan fingerprint density at radius 2 is 2.00 bits per heavy atom. The Balaban J connectivity index is 2.24. The van der Waals surface area contributed by atoms with Crippen molar-refractivity contribution >= 4 is 23.2 Å². The summed E-state index contributed by atoms with van der Waals surface area (Å²) >= 11 is 12.0. The monoisotopic (exact) mass is 284 g/mol. The molecule has 0 bridgehead atoms. The molecular formula is C14H14Cl2O2. The number of hydrogen-bond acceptors (Lipinski definition) is 2. The number of halogens is 2. The van der Waals surface area contributed by atoms with Crippen LogP contribution in [0.1, 0.15) is 28.8 Å². The quantitative estimate of drug-likeness (QED) is 0.902. The maximum absolute atomic E-state index is 10.2. The van der Waals surface area contributed by atoms with Gasteiger partial charge in [-0.1, -0.05) is 35.3 Å². The van der Waals surface area contributed by atoms with E-state index in [1.165, 1.54) is 0 Å². The third-order valence-corrected chi connectivity index (χ3v) is 3.74. The molecule has 0 saturated carbocycles. The fourth-order valence-corrected chi connectivity index (χ4v) is 2.40. The van der Waals surface area contributed by atoms with Crippen LogP contribution in [0.5, 0.6) is 0 Å². The van der Waals surface area contributed by atoms with Crippen molar-refractivity contribution in [2.75, 3.05) is 0 Å². The molecule has 0 amide bonds. The van der Waals surface area contributed by atoms with E-state index in [0.717, 1.165) is 22.6 Å². The summed E-state index contributed by atoms with van der Waals surface area (Å²) in [5.74, 6) is 1.52. The normalized spacial score (nSPS) is 12.7. The fourth-order valence-electron chi connectivity index (χ4n) is 2.01. The highest BCUT2D eigenvalue weighted by Crippen LogP contribution is 2.30. The molecule has 0 aliphatic rings. The second-order valence-electron chi connectivity index (χ2n) is 4.30. The highest BCUT2D eigenvalue weighted by atomic mass is 35.5. The van der Waals surface area contributed by atoms with Gasteiger partial charge in [0.15, 0.2) is 0 Å². The SMILES string of the molecule is Cc1cc(C(O)Cc2cccc(Cl)c2Cl)c(C)o1. The number of rotatable bonds is 3. The van der Waals surface area contributed by atoms with Crippen molar-refractivity contribution in [3.8, 4) is 0 Å². The van der Waals surface area contributed by atoms with E-state index in [9.17, 15) is 5.11 Å². The lowest BCUT2D eigenvalue weighted by Crippen LogP contribution is -2.02. The van der Waals surface area contributed by atoms with Gasteiger partial charge in [0, 0.05) is 12.0 Å². The van der Waals surface area contributed by atoms with Crippen LogP contribution in [0.25, 0.3) is 0 Å². The number of hydrogen-bond donors (Lipinski definition) is 1. The van der Waals surface area contributed by atoms with Crippen molar-refractivity contribution in [1.82, 2.24) is 0 Å². The molecule has 2 rings (SSSR count). The first kappa shape index (κ1) is 13.5. The number of furan rings is 1. The molecule has 1 aromatic heterocycles. The van der Waals surface area contributed by atoms with E-state index in [0.29, 0.717) is 16.5 Å². The highest BCUT2D eigenvalue weighted by Gasteiger charge is 2.17. The summed E-state index contributed by atoms with van der Waals surface area (Å²) in [5, 5.41) is 11.2. The summed E-state index contributed by atoms with van der Waals surface area (Å²) < 4.78 is 5.41. The van der Waals surface area contributed by atoms with Gasteiger partial charge in [-0.25, -0.2) is 0 Å². The van der Waals surface area contributed by atoms with E-state index in [-0.39, 0.29) is 0 Å². The smallest absolute Gasteiger partial charge is 0.106 e. The zero-order valence-electron chi connectivity index (χ0n) is 10.2. The molecule has 0 aliphatic heterocycles. The van der Waals surface area contributed by atoms with E-state index in [4.69, 9.17) is 27.6 Å². The Hall–Kier alpha value is -0.960. The maximum Gasteiger partial charge on any atom is 0.106 e. The van der Waals surface area contributed by atoms with Crippen molar-refractivity contribution in [2.24, 2.45) is 0 Å². The number of aryl methyl sites for hydroxylation is 2. The van der Waals surface area contributed by atoms with Crippen LogP contribution in [0.4, 0.5) is 0 Å². The van der Waals surface area contributed by atoms with E-state index in [1.807, 2.05) is 32.0 Å². The summed E-state index contributed by atoms with van der Waals surface area (Å²) in [4.78, 5) is 0.